The highest BCUT2D eigenvalue weighted by Gasteiger charge is 2.11. The molecule has 1 amide bonds. The largest absolute Gasteiger partial charge is 0.321 e. The van der Waals surface area contributed by atoms with Gasteiger partial charge in [0.1, 0.15) is 5.69 Å². The Bertz CT molecular complexity index is 1050. The van der Waals surface area contributed by atoms with Crippen LogP contribution < -0.4 is 10.0 Å². The Morgan fingerprint density at radius 3 is 2.43 bits per heavy atom. The van der Waals surface area contributed by atoms with Crippen LogP contribution >= 0.6 is 11.9 Å². The second-order valence-electron chi connectivity index (χ2n) is 5.79. The number of amides is 1. The van der Waals surface area contributed by atoms with Crippen molar-refractivity contribution in [2.75, 3.05) is 10.0 Å². The molecule has 0 aliphatic heterocycles. The fraction of sp³-hybridized carbons (Fsp3) is 0. The van der Waals surface area contributed by atoms with Gasteiger partial charge in [-0.25, -0.2) is 9.97 Å². The number of hydrogen-bond donors (Lipinski definition) is 3. The quantitative estimate of drug-likeness (QED) is 0.428. The van der Waals surface area contributed by atoms with Gasteiger partial charge >= 0.3 is 0 Å². The fourth-order valence-electron chi connectivity index (χ4n) is 2.46. The predicted octanol–water partition coefficient (Wildman–Crippen LogP) is 4.24. The Balaban J connectivity index is 1.36. The first-order valence-electron chi connectivity index (χ1n) is 8.50. The van der Waals surface area contributed by atoms with Crippen molar-refractivity contribution in [1.29, 1.82) is 0 Å². The number of nitrogens with zero attached hydrogens (tertiary/aromatic N) is 3. The summed E-state index contributed by atoms with van der Waals surface area (Å²) in [5, 5.41) is 9.85. The normalized spacial score (nSPS) is 10.4. The standard InChI is InChI=1S/C20H16N6OS/c27-19(18-13-17(24-25-18)14-5-2-1-3-6-14)23-15-7-9-16(10-8-15)28-26-20-21-11-4-12-22-20/h1-13H,(H,23,27)(H,24,25)(H,21,22,26). The zero-order chi connectivity index (χ0) is 19.2. The second kappa shape index (κ2) is 8.36. The Morgan fingerprint density at radius 2 is 1.68 bits per heavy atom. The monoisotopic (exact) mass is 388 g/mol. The predicted molar refractivity (Wildman–Crippen MR) is 110 cm³/mol. The number of benzene rings is 2. The van der Waals surface area contributed by atoms with E-state index in [9.17, 15) is 4.79 Å². The Hall–Kier alpha value is -3.65. The number of aromatic amines is 1. The third-order valence-corrected chi connectivity index (χ3v) is 4.62. The summed E-state index contributed by atoms with van der Waals surface area (Å²) in [5.74, 6) is 0.296. The molecule has 2 aromatic carbocycles. The molecule has 0 aliphatic carbocycles. The highest BCUT2D eigenvalue weighted by molar-refractivity contribution is 8.00. The summed E-state index contributed by atoms with van der Waals surface area (Å²) < 4.78 is 3.06. The number of H-pyrrole nitrogens is 1. The third-order valence-electron chi connectivity index (χ3n) is 3.83. The summed E-state index contributed by atoms with van der Waals surface area (Å²) in [7, 11) is 0. The molecule has 4 aromatic rings. The topological polar surface area (TPSA) is 95.6 Å². The zero-order valence-electron chi connectivity index (χ0n) is 14.7. The van der Waals surface area contributed by atoms with Crippen LogP contribution in [0, 0.1) is 0 Å². The fourth-order valence-corrected chi connectivity index (χ4v) is 3.04. The lowest BCUT2D eigenvalue weighted by molar-refractivity contribution is 0.102. The molecule has 0 saturated heterocycles. The van der Waals surface area contributed by atoms with Crippen LogP contribution in [0.15, 0.2) is 84.0 Å². The highest BCUT2D eigenvalue weighted by Crippen LogP contribution is 2.22. The maximum atomic E-state index is 12.4. The molecule has 0 bridgehead atoms. The van der Waals surface area contributed by atoms with Gasteiger partial charge < -0.3 is 5.32 Å². The van der Waals surface area contributed by atoms with Crippen LogP contribution in [0.3, 0.4) is 0 Å². The van der Waals surface area contributed by atoms with E-state index >= 15 is 0 Å². The van der Waals surface area contributed by atoms with Gasteiger partial charge in [-0.3, -0.25) is 14.6 Å². The third kappa shape index (κ3) is 4.36. The van der Waals surface area contributed by atoms with Gasteiger partial charge in [-0.15, -0.1) is 0 Å². The van der Waals surface area contributed by atoms with Gasteiger partial charge in [0.25, 0.3) is 5.91 Å². The Morgan fingerprint density at radius 1 is 0.929 bits per heavy atom. The number of rotatable bonds is 6. The lowest BCUT2D eigenvalue weighted by Crippen LogP contribution is -2.12. The molecule has 138 valence electrons. The summed E-state index contributed by atoms with van der Waals surface area (Å²) in [6.45, 7) is 0. The number of hydrogen-bond acceptors (Lipinski definition) is 6. The summed E-state index contributed by atoms with van der Waals surface area (Å²) in [5.41, 5.74) is 2.78. The van der Waals surface area contributed by atoms with Crippen molar-refractivity contribution in [2.45, 2.75) is 4.90 Å². The minimum Gasteiger partial charge on any atom is -0.321 e. The minimum absolute atomic E-state index is 0.245. The van der Waals surface area contributed by atoms with Gasteiger partial charge in [0, 0.05) is 28.5 Å². The number of nitrogens with one attached hydrogen (secondary N) is 3. The summed E-state index contributed by atoms with van der Waals surface area (Å²) in [6, 6.07) is 20.7. The van der Waals surface area contributed by atoms with Crippen molar-refractivity contribution in [1.82, 2.24) is 20.2 Å². The van der Waals surface area contributed by atoms with Gasteiger partial charge in [0.05, 0.1) is 5.69 Å². The molecule has 0 spiro atoms. The summed E-state index contributed by atoms with van der Waals surface area (Å²) in [4.78, 5) is 21.6. The van der Waals surface area contributed by atoms with Crippen LogP contribution in [0.5, 0.6) is 0 Å². The molecule has 0 unspecified atom stereocenters. The van der Waals surface area contributed by atoms with E-state index in [1.165, 1.54) is 11.9 Å². The first-order valence-corrected chi connectivity index (χ1v) is 9.32. The van der Waals surface area contributed by atoms with E-state index in [0.717, 1.165) is 16.2 Å². The maximum absolute atomic E-state index is 12.4. The number of aromatic nitrogens is 4. The lowest BCUT2D eigenvalue weighted by Gasteiger charge is -2.06. The van der Waals surface area contributed by atoms with Crippen molar-refractivity contribution < 1.29 is 4.79 Å². The van der Waals surface area contributed by atoms with Crippen molar-refractivity contribution in [3.63, 3.8) is 0 Å². The maximum Gasteiger partial charge on any atom is 0.273 e. The van der Waals surface area contributed by atoms with E-state index in [2.05, 4.69) is 30.2 Å². The Kier molecular flexibility index (Phi) is 5.30. The second-order valence-corrected chi connectivity index (χ2v) is 6.67. The van der Waals surface area contributed by atoms with Gasteiger partial charge in [-0.1, -0.05) is 30.3 Å². The van der Waals surface area contributed by atoms with E-state index in [1.54, 1.807) is 24.5 Å². The van der Waals surface area contributed by atoms with E-state index in [0.29, 0.717) is 17.3 Å². The van der Waals surface area contributed by atoms with Crippen LogP contribution in [-0.4, -0.2) is 26.1 Å². The number of carbonyl (C=O) groups excluding carboxylic acids is 1. The molecule has 2 aromatic heterocycles. The van der Waals surface area contributed by atoms with E-state index < -0.39 is 0 Å². The molecule has 0 aliphatic rings. The molecule has 8 heteroatoms. The summed E-state index contributed by atoms with van der Waals surface area (Å²) >= 11 is 1.39. The molecule has 0 fully saturated rings. The van der Waals surface area contributed by atoms with E-state index in [-0.39, 0.29) is 5.91 Å². The van der Waals surface area contributed by atoms with Crippen molar-refractivity contribution in [2.24, 2.45) is 0 Å². The van der Waals surface area contributed by atoms with E-state index in [1.807, 2.05) is 54.6 Å². The first-order chi connectivity index (χ1) is 13.8. The van der Waals surface area contributed by atoms with Crippen molar-refractivity contribution in [3.05, 3.63) is 84.8 Å². The minimum atomic E-state index is -0.245. The molecule has 3 N–H and O–H groups in total. The van der Waals surface area contributed by atoms with Crippen LogP contribution in [0.1, 0.15) is 10.5 Å². The van der Waals surface area contributed by atoms with E-state index in [4.69, 9.17) is 0 Å². The average molecular weight is 388 g/mol. The van der Waals surface area contributed by atoms with Gasteiger partial charge in [-0.2, -0.15) is 5.10 Å². The Labute approximate surface area is 165 Å². The van der Waals surface area contributed by atoms with Gasteiger partial charge in [0.15, 0.2) is 0 Å². The molecule has 0 saturated carbocycles. The molecule has 0 atom stereocenters. The number of anilines is 2. The lowest BCUT2D eigenvalue weighted by atomic mass is 10.1. The average Bonchev–Trinajstić information content (AvgIpc) is 3.25. The van der Waals surface area contributed by atoms with Crippen molar-refractivity contribution in [3.8, 4) is 11.3 Å². The van der Waals surface area contributed by atoms with Gasteiger partial charge in [0.2, 0.25) is 5.95 Å². The zero-order valence-corrected chi connectivity index (χ0v) is 15.5. The van der Waals surface area contributed by atoms with Crippen molar-refractivity contribution >= 4 is 29.5 Å². The molecule has 0 radical (unpaired) electrons. The number of carbonyl (C=O) groups is 1. The molecular weight excluding hydrogens is 372 g/mol. The van der Waals surface area contributed by atoms with Crippen LogP contribution in [0.2, 0.25) is 0 Å². The smallest absolute Gasteiger partial charge is 0.273 e. The van der Waals surface area contributed by atoms with Gasteiger partial charge in [-0.05, 0) is 48.3 Å². The highest BCUT2D eigenvalue weighted by atomic mass is 32.2. The molecule has 4 rings (SSSR count). The molecular formula is C20H16N6OS. The SMILES string of the molecule is O=C(Nc1ccc(SNc2ncccn2)cc1)c1cc(-c2ccccc2)n[nH]1. The summed E-state index contributed by atoms with van der Waals surface area (Å²) in [6.07, 6.45) is 3.35. The molecule has 2 heterocycles. The van der Waals surface area contributed by atoms with Crippen LogP contribution in [-0.2, 0) is 0 Å². The molecule has 7 nitrogen and oxygen atoms in total. The first kappa shape index (κ1) is 17.7. The molecule has 28 heavy (non-hydrogen) atoms. The van der Waals surface area contributed by atoms with Crippen LogP contribution in [0.4, 0.5) is 11.6 Å². The van der Waals surface area contributed by atoms with Crippen LogP contribution in [0.25, 0.3) is 11.3 Å².